The molecule has 4 rings (SSSR count). The SMILES string of the molecule is COc1ccc(C(=O)N(CCCC2C=CN(Cc3ccccc3)C=C2C(C)=O)c2ccccc2)cc1OC. The summed E-state index contributed by atoms with van der Waals surface area (Å²) in [6.45, 7) is 2.85. The van der Waals surface area contributed by atoms with Gasteiger partial charge < -0.3 is 19.3 Å². The Bertz CT molecular complexity index is 1300. The Hall–Kier alpha value is -4.32. The molecule has 0 spiro atoms. The van der Waals surface area contributed by atoms with Gasteiger partial charge in [0.1, 0.15) is 0 Å². The van der Waals surface area contributed by atoms with Crippen molar-refractivity contribution in [1.29, 1.82) is 0 Å². The van der Waals surface area contributed by atoms with Gasteiger partial charge in [-0.2, -0.15) is 0 Å². The third-order valence-electron chi connectivity index (χ3n) is 6.67. The molecule has 0 radical (unpaired) electrons. The van der Waals surface area contributed by atoms with Crippen molar-refractivity contribution in [3.8, 4) is 11.5 Å². The fourth-order valence-electron chi connectivity index (χ4n) is 4.68. The van der Waals surface area contributed by atoms with Crippen LogP contribution < -0.4 is 14.4 Å². The van der Waals surface area contributed by atoms with E-state index < -0.39 is 0 Å². The molecule has 1 aliphatic rings. The maximum absolute atomic E-state index is 13.6. The number of para-hydroxylation sites is 1. The van der Waals surface area contributed by atoms with Crippen molar-refractivity contribution in [3.05, 3.63) is 114 Å². The number of carbonyl (C=O) groups is 2. The summed E-state index contributed by atoms with van der Waals surface area (Å²) in [6.07, 6.45) is 7.59. The van der Waals surface area contributed by atoms with Crippen LogP contribution in [0.15, 0.2) is 103 Å². The second kappa shape index (κ2) is 12.8. The smallest absolute Gasteiger partial charge is 0.258 e. The first kappa shape index (κ1) is 26.7. The predicted octanol–water partition coefficient (Wildman–Crippen LogP) is 6.25. The van der Waals surface area contributed by atoms with E-state index in [1.54, 1.807) is 44.2 Å². The van der Waals surface area contributed by atoms with Gasteiger partial charge in [-0.05, 0) is 55.7 Å². The van der Waals surface area contributed by atoms with E-state index in [0.29, 0.717) is 30.2 Å². The molecular weight excluding hydrogens is 476 g/mol. The van der Waals surface area contributed by atoms with Crippen LogP contribution >= 0.6 is 0 Å². The van der Waals surface area contributed by atoms with Gasteiger partial charge in [0.15, 0.2) is 17.3 Å². The molecule has 196 valence electrons. The van der Waals surface area contributed by atoms with E-state index in [1.165, 1.54) is 5.56 Å². The number of ether oxygens (including phenoxy) is 2. The van der Waals surface area contributed by atoms with Crippen LogP contribution in [0.2, 0.25) is 0 Å². The Morgan fingerprint density at radius 2 is 1.58 bits per heavy atom. The van der Waals surface area contributed by atoms with Gasteiger partial charge in [0.25, 0.3) is 5.91 Å². The van der Waals surface area contributed by atoms with Gasteiger partial charge in [-0.15, -0.1) is 0 Å². The quantitative estimate of drug-likeness (QED) is 0.305. The molecule has 0 saturated heterocycles. The van der Waals surface area contributed by atoms with E-state index in [9.17, 15) is 9.59 Å². The van der Waals surface area contributed by atoms with Crippen LogP contribution in [0.25, 0.3) is 0 Å². The van der Waals surface area contributed by atoms with Crippen LogP contribution in [0.5, 0.6) is 11.5 Å². The first-order chi connectivity index (χ1) is 18.5. The highest BCUT2D eigenvalue weighted by molar-refractivity contribution is 6.06. The molecule has 38 heavy (non-hydrogen) atoms. The lowest BCUT2D eigenvalue weighted by molar-refractivity contribution is -0.114. The number of carbonyl (C=O) groups excluding carboxylic acids is 2. The van der Waals surface area contributed by atoms with E-state index in [1.807, 2.05) is 60.9 Å². The van der Waals surface area contributed by atoms with Gasteiger partial charge in [0, 0.05) is 48.2 Å². The zero-order valence-corrected chi connectivity index (χ0v) is 22.2. The number of rotatable bonds is 11. The molecule has 0 bridgehead atoms. The maximum Gasteiger partial charge on any atom is 0.258 e. The second-order valence-corrected chi connectivity index (χ2v) is 9.25. The largest absolute Gasteiger partial charge is 0.493 e. The van der Waals surface area contributed by atoms with Gasteiger partial charge >= 0.3 is 0 Å². The monoisotopic (exact) mass is 510 g/mol. The second-order valence-electron chi connectivity index (χ2n) is 9.25. The lowest BCUT2D eigenvalue weighted by Gasteiger charge is -2.27. The van der Waals surface area contributed by atoms with Crippen LogP contribution in [0, 0.1) is 5.92 Å². The predicted molar refractivity (Wildman–Crippen MR) is 150 cm³/mol. The third-order valence-corrected chi connectivity index (χ3v) is 6.67. The lowest BCUT2D eigenvalue weighted by Crippen LogP contribution is -2.32. The van der Waals surface area contributed by atoms with Gasteiger partial charge in [0.05, 0.1) is 14.2 Å². The van der Waals surface area contributed by atoms with E-state index in [4.69, 9.17) is 9.47 Å². The van der Waals surface area contributed by atoms with E-state index in [-0.39, 0.29) is 17.6 Å². The van der Waals surface area contributed by atoms with Gasteiger partial charge in [0.2, 0.25) is 0 Å². The minimum atomic E-state index is -0.118. The van der Waals surface area contributed by atoms with E-state index in [2.05, 4.69) is 23.1 Å². The molecule has 1 atom stereocenters. The molecular formula is C32H34N2O4. The molecule has 6 nitrogen and oxygen atoms in total. The summed E-state index contributed by atoms with van der Waals surface area (Å²) in [6, 6.07) is 25.0. The van der Waals surface area contributed by atoms with Crippen molar-refractivity contribution in [1.82, 2.24) is 4.90 Å². The van der Waals surface area contributed by atoms with Crippen molar-refractivity contribution >= 4 is 17.4 Å². The van der Waals surface area contributed by atoms with Crippen molar-refractivity contribution in [3.63, 3.8) is 0 Å². The van der Waals surface area contributed by atoms with Crippen LogP contribution in [0.4, 0.5) is 5.69 Å². The standard InChI is InChI=1S/C32H34N2O4/c1-24(35)29-23-33(22-25-11-6-4-7-12-25)20-18-26(29)13-10-19-34(28-14-8-5-9-15-28)32(36)27-16-17-30(37-2)31(21-27)38-3/h4-9,11-12,14-18,20-21,23,26H,10,13,19,22H2,1-3H3. The Morgan fingerprint density at radius 3 is 2.24 bits per heavy atom. The first-order valence-electron chi connectivity index (χ1n) is 12.8. The summed E-state index contributed by atoms with van der Waals surface area (Å²) in [5, 5.41) is 0. The van der Waals surface area contributed by atoms with E-state index >= 15 is 0 Å². The van der Waals surface area contributed by atoms with Gasteiger partial charge in [-0.25, -0.2) is 0 Å². The molecule has 1 aliphatic heterocycles. The highest BCUT2D eigenvalue weighted by Crippen LogP contribution is 2.30. The number of allylic oxidation sites excluding steroid dienone is 2. The molecule has 0 saturated carbocycles. The number of hydrogen-bond acceptors (Lipinski definition) is 5. The van der Waals surface area contributed by atoms with Crippen molar-refractivity contribution in [2.24, 2.45) is 5.92 Å². The molecule has 1 heterocycles. The summed E-state index contributed by atoms with van der Waals surface area (Å²) in [5.41, 5.74) is 3.32. The van der Waals surface area contributed by atoms with Crippen molar-refractivity contribution in [2.75, 3.05) is 25.7 Å². The first-order valence-corrected chi connectivity index (χ1v) is 12.8. The highest BCUT2D eigenvalue weighted by Gasteiger charge is 2.23. The molecule has 0 fully saturated rings. The van der Waals surface area contributed by atoms with Crippen LogP contribution in [0.3, 0.4) is 0 Å². The summed E-state index contributed by atoms with van der Waals surface area (Å²) in [5.74, 6) is 1.04. The number of ketones is 1. The molecule has 0 aliphatic carbocycles. The molecule has 3 aromatic carbocycles. The maximum atomic E-state index is 13.6. The normalized spacial score (nSPS) is 14.6. The highest BCUT2D eigenvalue weighted by atomic mass is 16.5. The zero-order chi connectivity index (χ0) is 26.9. The Kier molecular flexibility index (Phi) is 8.98. The minimum absolute atomic E-state index is 0.00771. The van der Waals surface area contributed by atoms with Crippen molar-refractivity contribution in [2.45, 2.75) is 26.3 Å². The number of amides is 1. The summed E-state index contributed by atoms with van der Waals surface area (Å²) in [4.78, 5) is 30.0. The summed E-state index contributed by atoms with van der Waals surface area (Å²) >= 11 is 0. The number of hydrogen-bond donors (Lipinski definition) is 0. The third kappa shape index (κ3) is 6.51. The average Bonchev–Trinajstić information content (AvgIpc) is 2.96. The molecule has 0 aromatic heterocycles. The molecule has 1 unspecified atom stereocenters. The van der Waals surface area contributed by atoms with Crippen molar-refractivity contribution < 1.29 is 19.1 Å². The number of methoxy groups -OCH3 is 2. The zero-order valence-electron chi connectivity index (χ0n) is 22.2. The Labute approximate surface area is 224 Å². The summed E-state index contributed by atoms with van der Waals surface area (Å²) < 4.78 is 10.7. The molecule has 6 heteroatoms. The summed E-state index contributed by atoms with van der Waals surface area (Å²) in [7, 11) is 3.12. The number of Topliss-reactive ketones (excluding diaryl/α,β-unsaturated/α-hetero) is 1. The van der Waals surface area contributed by atoms with Gasteiger partial charge in [-0.3, -0.25) is 9.59 Å². The number of anilines is 1. The van der Waals surface area contributed by atoms with Crippen LogP contribution in [-0.4, -0.2) is 37.4 Å². The fraction of sp³-hybridized carbons (Fsp3) is 0.250. The molecule has 3 aromatic rings. The lowest BCUT2D eigenvalue weighted by atomic mass is 9.90. The van der Waals surface area contributed by atoms with Gasteiger partial charge in [-0.1, -0.05) is 54.6 Å². The van der Waals surface area contributed by atoms with Crippen LogP contribution in [0.1, 0.15) is 35.7 Å². The van der Waals surface area contributed by atoms with E-state index in [0.717, 1.165) is 24.1 Å². The molecule has 1 amide bonds. The fourth-order valence-corrected chi connectivity index (χ4v) is 4.68. The Morgan fingerprint density at radius 1 is 0.895 bits per heavy atom. The minimum Gasteiger partial charge on any atom is -0.493 e. The number of nitrogens with zero attached hydrogens (tertiary/aromatic N) is 2. The average molecular weight is 511 g/mol. The number of benzene rings is 3. The Balaban J connectivity index is 1.47. The van der Waals surface area contributed by atoms with Crippen LogP contribution in [-0.2, 0) is 11.3 Å². The molecule has 0 N–H and O–H groups in total. The topological polar surface area (TPSA) is 59.1 Å².